The maximum absolute atomic E-state index is 12.0. The molecule has 4 nitrogen and oxygen atoms in total. The van der Waals surface area contributed by atoms with Gasteiger partial charge in [0.1, 0.15) is 11.3 Å². The number of phenolic OH excluding ortho intramolecular Hbond substituents is 1. The number of rotatable bonds is 1. The van der Waals surface area contributed by atoms with Crippen LogP contribution in [0.25, 0.3) is 32.8 Å². The molecule has 4 aromatic rings. The van der Waals surface area contributed by atoms with Crippen molar-refractivity contribution in [2.45, 2.75) is 6.92 Å². The Hall–Kier alpha value is -3.01. The Morgan fingerprint density at radius 1 is 0.864 bits per heavy atom. The first-order valence-electron chi connectivity index (χ1n) is 6.98. The van der Waals surface area contributed by atoms with Crippen LogP contribution < -0.4 is 0 Å². The molecule has 4 heteroatoms. The van der Waals surface area contributed by atoms with Crippen molar-refractivity contribution in [2.24, 2.45) is 0 Å². The zero-order valence-electron chi connectivity index (χ0n) is 11.9. The van der Waals surface area contributed by atoms with Crippen LogP contribution in [-0.2, 0) is 0 Å². The molecule has 0 saturated heterocycles. The summed E-state index contributed by atoms with van der Waals surface area (Å²) < 4.78 is 0. The van der Waals surface area contributed by atoms with Crippen molar-refractivity contribution in [2.75, 3.05) is 0 Å². The molecule has 0 bridgehead atoms. The highest BCUT2D eigenvalue weighted by Gasteiger charge is 2.19. The number of nitrogens with zero attached hydrogens (tertiary/aromatic N) is 2. The largest absolute Gasteiger partial charge is 0.506 e. The molecule has 1 heterocycles. The summed E-state index contributed by atoms with van der Waals surface area (Å²) in [5.74, 6) is -0.252. The molecule has 0 spiro atoms. The smallest absolute Gasteiger partial charge is 0.165 e. The van der Waals surface area contributed by atoms with Crippen molar-refractivity contribution >= 4 is 38.6 Å². The highest BCUT2D eigenvalue weighted by molar-refractivity contribution is 6.19. The molecule has 3 aromatic carbocycles. The quantitative estimate of drug-likeness (QED) is 0.328. The van der Waals surface area contributed by atoms with Gasteiger partial charge in [-0.15, -0.1) is 0 Å². The van der Waals surface area contributed by atoms with Crippen molar-refractivity contribution < 1.29 is 9.90 Å². The summed E-state index contributed by atoms with van der Waals surface area (Å²) in [6.45, 7) is 1.43. The van der Waals surface area contributed by atoms with E-state index in [0.29, 0.717) is 21.9 Å². The fourth-order valence-electron chi connectivity index (χ4n) is 2.84. The highest BCUT2D eigenvalue weighted by atomic mass is 16.3. The number of carbonyl (C=O) groups excluding carboxylic acids is 1. The molecule has 0 aliphatic rings. The minimum absolute atomic E-state index is 0.0276. The zero-order valence-corrected chi connectivity index (χ0v) is 11.9. The average molecular weight is 288 g/mol. The second-order valence-corrected chi connectivity index (χ2v) is 5.23. The number of carbonyl (C=O) groups is 1. The van der Waals surface area contributed by atoms with Gasteiger partial charge in [-0.1, -0.05) is 36.4 Å². The van der Waals surface area contributed by atoms with E-state index in [-0.39, 0.29) is 17.1 Å². The Balaban J connectivity index is 2.35. The first-order valence-corrected chi connectivity index (χ1v) is 6.98. The van der Waals surface area contributed by atoms with E-state index in [1.807, 2.05) is 42.5 Å². The van der Waals surface area contributed by atoms with Crippen LogP contribution in [0.2, 0.25) is 0 Å². The summed E-state index contributed by atoms with van der Waals surface area (Å²) in [7, 11) is 0. The SMILES string of the molecule is CC(=O)c1c(O)c2ccccc2c2nc3ccccc3nc12. The van der Waals surface area contributed by atoms with Gasteiger partial charge in [0.15, 0.2) is 5.78 Å². The molecule has 0 atom stereocenters. The third-order valence-corrected chi connectivity index (χ3v) is 3.83. The molecule has 0 amide bonds. The Morgan fingerprint density at radius 2 is 1.41 bits per heavy atom. The van der Waals surface area contributed by atoms with E-state index >= 15 is 0 Å². The molecule has 0 saturated carbocycles. The van der Waals surface area contributed by atoms with Gasteiger partial charge in [0.2, 0.25) is 0 Å². The third-order valence-electron chi connectivity index (χ3n) is 3.83. The lowest BCUT2D eigenvalue weighted by atomic mass is 10.00. The number of fused-ring (bicyclic) bond motifs is 4. The summed E-state index contributed by atoms with van der Waals surface area (Å²) in [5, 5.41) is 11.9. The molecule has 106 valence electrons. The standard InChI is InChI=1S/C18H12N2O2/c1-10(21)15-17-16(11-6-2-3-7-12(11)18(15)22)19-13-8-4-5-9-14(13)20-17/h2-9,22H,1H3. The normalized spacial score (nSPS) is 11.3. The van der Waals surface area contributed by atoms with E-state index in [0.717, 1.165) is 10.9 Å². The van der Waals surface area contributed by atoms with Gasteiger partial charge in [-0.2, -0.15) is 0 Å². The van der Waals surface area contributed by atoms with Crippen LogP contribution >= 0.6 is 0 Å². The molecule has 1 aromatic heterocycles. The van der Waals surface area contributed by atoms with Crippen LogP contribution in [0, 0.1) is 0 Å². The number of aromatic nitrogens is 2. The minimum Gasteiger partial charge on any atom is -0.506 e. The topological polar surface area (TPSA) is 63.1 Å². The predicted molar refractivity (Wildman–Crippen MR) is 86.2 cm³/mol. The van der Waals surface area contributed by atoms with Gasteiger partial charge < -0.3 is 5.11 Å². The Kier molecular flexibility index (Phi) is 2.60. The summed E-state index contributed by atoms with van der Waals surface area (Å²) in [5.41, 5.74) is 2.78. The van der Waals surface area contributed by atoms with Gasteiger partial charge >= 0.3 is 0 Å². The van der Waals surface area contributed by atoms with Gasteiger partial charge in [0.25, 0.3) is 0 Å². The fourth-order valence-corrected chi connectivity index (χ4v) is 2.84. The lowest BCUT2D eigenvalue weighted by Crippen LogP contribution is -2.00. The number of benzene rings is 3. The number of phenols is 1. The highest BCUT2D eigenvalue weighted by Crippen LogP contribution is 2.36. The van der Waals surface area contributed by atoms with Crippen LogP contribution in [-0.4, -0.2) is 20.9 Å². The third kappa shape index (κ3) is 1.67. The van der Waals surface area contributed by atoms with E-state index in [1.165, 1.54) is 6.92 Å². The van der Waals surface area contributed by atoms with Crippen LogP contribution in [0.5, 0.6) is 5.75 Å². The fraction of sp³-hybridized carbons (Fsp3) is 0.0556. The van der Waals surface area contributed by atoms with Crippen LogP contribution in [0.3, 0.4) is 0 Å². The molecule has 0 aliphatic carbocycles. The maximum atomic E-state index is 12.0. The van der Waals surface area contributed by atoms with Crippen molar-refractivity contribution in [3.63, 3.8) is 0 Å². The van der Waals surface area contributed by atoms with Crippen LogP contribution in [0.15, 0.2) is 48.5 Å². The molecule has 4 rings (SSSR count). The van der Waals surface area contributed by atoms with E-state index < -0.39 is 0 Å². The Labute approximate surface area is 126 Å². The molecular formula is C18H12N2O2. The number of hydrogen-bond donors (Lipinski definition) is 1. The molecule has 0 radical (unpaired) electrons. The number of Topliss-reactive ketones (excluding diaryl/α,β-unsaturated/α-hetero) is 1. The monoisotopic (exact) mass is 288 g/mol. The molecular weight excluding hydrogens is 276 g/mol. The van der Waals surface area contributed by atoms with E-state index in [4.69, 9.17) is 0 Å². The lowest BCUT2D eigenvalue weighted by Gasteiger charge is -2.11. The molecule has 0 fully saturated rings. The van der Waals surface area contributed by atoms with E-state index in [9.17, 15) is 9.90 Å². The molecule has 1 N–H and O–H groups in total. The number of aromatic hydroxyl groups is 1. The lowest BCUT2D eigenvalue weighted by molar-refractivity contribution is 0.101. The number of para-hydroxylation sites is 2. The molecule has 22 heavy (non-hydrogen) atoms. The van der Waals surface area contributed by atoms with Crippen LogP contribution in [0.1, 0.15) is 17.3 Å². The minimum atomic E-state index is -0.224. The van der Waals surface area contributed by atoms with E-state index in [1.54, 1.807) is 6.07 Å². The summed E-state index contributed by atoms with van der Waals surface area (Å²) in [6, 6.07) is 14.9. The average Bonchev–Trinajstić information content (AvgIpc) is 2.53. The van der Waals surface area contributed by atoms with Crippen molar-refractivity contribution in [1.82, 2.24) is 9.97 Å². The zero-order chi connectivity index (χ0) is 15.3. The first kappa shape index (κ1) is 12.7. The van der Waals surface area contributed by atoms with Gasteiger partial charge in [-0.05, 0) is 19.1 Å². The van der Waals surface area contributed by atoms with E-state index in [2.05, 4.69) is 9.97 Å². The van der Waals surface area contributed by atoms with Gasteiger partial charge in [0, 0.05) is 10.8 Å². The first-order chi connectivity index (χ1) is 10.7. The van der Waals surface area contributed by atoms with Crippen molar-refractivity contribution in [3.05, 3.63) is 54.1 Å². The predicted octanol–water partition coefficient (Wildman–Crippen LogP) is 3.84. The van der Waals surface area contributed by atoms with Gasteiger partial charge in [-0.3, -0.25) is 4.79 Å². The second kappa shape index (κ2) is 4.49. The Morgan fingerprint density at radius 3 is 2.05 bits per heavy atom. The summed E-state index contributed by atoms with van der Waals surface area (Å²) >= 11 is 0. The van der Waals surface area contributed by atoms with Crippen molar-refractivity contribution in [1.29, 1.82) is 0 Å². The Bertz CT molecular complexity index is 1070. The molecule has 0 aliphatic heterocycles. The summed E-state index contributed by atoms with van der Waals surface area (Å²) in [4.78, 5) is 21.3. The van der Waals surface area contributed by atoms with Gasteiger partial charge in [0.05, 0.1) is 22.1 Å². The van der Waals surface area contributed by atoms with Gasteiger partial charge in [-0.25, -0.2) is 9.97 Å². The number of ketones is 1. The molecule has 0 unspecified atom stereocenters. The second-order valence-electron chi connectivity index (χ2n) is 5.23. The van der Waals surface area contributed by atoms with Crippen LogP contribution in [0.4, 0.5) is 0 Å². The van der Waals surface area contributed by atoms with Crippen molar-refractivity contribution in [3.8, 4) is 5.75 Å². The maximum Gasteiger partial charge on any atom is 0.165 e. The summed E-state index contributed by atoms with van der Waals surface area (Å²) in [6.07, 6.45) is 0. The number of hydrogen-bond acceptors (Lipinski definition) is 4.